The Kier molecular flexibility index (Phi) is 4.56. The minimum absolute atomic E-state index is 0.00820. The van der Waals surface area contributed by atoms with Crippen LogP contribution in [-0.4, -0.2) is 34.1 Å². The summed E-state index contributed by atoms with van der Waals surface area (Å²) in [5.41, 5.74) is -0.0332. The molecule has 1 aromatic heterocycles. The number of thiophene rings is 1. The van der Waals surface area contributed by atoms with Crippen LogP contribution in [0.4, 0.5) is 4.79 Å². The second-order valence-electron chi connectivity index (χ2n) is 5.80. The van der Waals surface area contributed by atoms with Gasteiger partial charge in [0.25, 0.3) is 0 Å². The molecule has 0 spiro atoms. The number of carbonyl (C=O) groups is 2. The van der Waals surface area contributed by atoms with Crippen LogP contribution in [0.25, 0.3) is 0 Å². The molecule has 0 aromatic carbocycles. The number of carboxylic acid groups (broad SMARTS) is 1. The van der Waals surface area contributed by atoms with Crippen LogP contribution in [0.1, 0.15) is 50.1 Å². The average Bonchev–Trinajstić information content (AvgIpc) is 2.88. The molecule has 21 heavy (non-hydrogen) atoms. The molecule has 0 saturated heterocycles. The average molecular weight is 310 g/mol. The molecule has 1 atom stereocenters. The number of hydrogen-bond acceptors (Lipinski definition) is 3. The lowest BCUT2D eigenvalue weighted by atomic mass is 9.94. The highest BCUT2D eigenvalue weighted by Gasteiger charge is 2.38. The first-order valence-electron chi connectivity index (χ1n) is 7.25. The van der Waals surface area contributed by atoms with Crippen molar-refractivity contribution in [3.63, 3.8) is 0 Å². The lowest BCUT2D eigenvalue weighted by Gasteiger charge is -2.36. The lowest BCUT2D eigenvalue weighted by molar-refractivity contribution is -0.147. The van der Waals surface area contributed by atoms with E-state index in [1.54, 1.807) is 32.1 Å². The first-order valence-corrected chi connectivity index (χ1v) is 8.13. The largest absolute Gasteiger partial charge is 0.480 e. The zero-order valence-corrected chi connectivity index (χ0v) is 13.5. The van der Waals surface area contributed by atoms with Gasteiger partial charge in [-0.15, -0.1) is 11.3 Å². The summed E-state index contributed by atoms with van der Waals surface area (Å²) < 4.78 is 0. The number of likely N-dealkylation sites (N-methyl/N-ethyl adjacent to an activating group) is 1. The van der Waals surface area contributed by atoms with Crippen LogP contribution in [-0.2, 0) is 11.2 Å². The van der Waals surface area contributed by atoms with Crippen molar-refractivity contribution in [3.05, 3.63) is 21.9 Å². The Morgan fingerprint density at radius 3 is 2.86 bits per heavy atom. The molecule has 116 valence electrons. The highest BCUT2D eigenvalue weighted by atomic mass is 32.1. The van der Waals surface area contributed by atoms with Crippen molar-refractivity contribution in [2.75, 3.05) is 6.54 Å². The molecule has 0 bridgehead atoms. The number of aryl methyl sites for hydroxylation is 1. The number of nitrogens with one attached hydrogen (secondary N) is 1. The minimum atomic E-state index is -1.22. The quantitative estimate of drug-likeness (QED) is 0.898. The van der Waals surface area contributed by atoms with Gasteiger partial charge in [-0.1, -0.05) is 0 Å². The second-order valence-corrected chi connectivity index (χ2v) is 6.80. The zero-order valence-electron chi connectivity index (χ0n) is 12.7. The van der Waals surface area contributed by atoms with Crippen molar-refractivity contribution < 1.29 is 14.7 Å². The van der Waals surface area contributed by atoms with Gasteiger partial charge in [-0.3, -0.25) is 0 Å². The summed E-state index contributed by atoms with van der Waals surface area (Å²) in [5, 5.41) is 14.4. The minimum Gasteiger partial charge on any atom is -0.480 e. The van der Waals surface area contributed by atoms with Gasteiger partial charge in [0.05, 0.1) is 6.04 Å². The molecular formula is C15H22N2O3S. The third-order valence-electron chi connectivity index (χ3n) is 4.11. The number of hydrogen-bond donors (Lipinski definition) is 2. The normalized spacial score (nSPS) is 18.0. The van der Waals surface area contributed by atoms with E-state index < -0.39 is 11.5 Å². The molecule has 5 nitrogen and oxygen atoms in total. The first kappa shape index (κ1) is 15.8. The Balaban J connectivity index is 2.13. The maximum atomic E-state index is 12.5. The molecule has 0 fully saturated rings. The first-order chi connectivity index (χ1) is 9.87. The number of carboxylic acids is 1. The van der Waals surface area contributed by atoms with Crippen LogP contribution in [0.2, 0.25) is 0 Å². The van der Waals surface area contributed by atoms with Crippen LogP contribution in [0.3, 0.4) is 0 Å². The molecule has 0 aliphatic heterocycles. The molecule has 1 aliphatic rings. The van der Waals surface area contributed by atoms with Gasteiger partial charge in [-0.05, 0) is 57.0 Å². The summed E-state index contributed by atoms with van der Waals surface area (Å²) in [7, 11) is 0. The number of fused-ring (bicyclic) bond motifs is 1. The van der Waals surface area contributed by atoms with Crippen molar-refractivity contribution >= 4 is 23.3 Å². The van der Waals surface area contributed by atoms with Crippen LogP contribution in [0, 0.1) is 0 Å². The van der Waals surface area contributed by atoms with Crippen LogP contribution >= 0.6 is 11.3 Å². The van der Waals surface area contributed by atoms with E-state index in [1.807, 2.05) is 5.38 Å². The van der Waals surface area contributed by atoms with Crippen molar-refractivity contribution in [3.8, 4) is 0 Å². The number of aliphatic carboxylic acids is 1. The van der Waals surface area contributed by atoms with Crippen molar-refractivity contribution in [1.82, 2.24) is 10.2 Å². The molecule has 2 amide bonds. The van der Waals surface area contributed by atoms with Gasteiger partial charge in [-0.25, -0.2) is 9.59 Å². The molecular weight excluding hydrogens is 288 g/mol. The molecule has 1 unspecified atom stereocenters. The van der Waals surface area contributed by atoms with E-state index in [4.69, 9.17) is 0 Å². The molecule has 0 radical (unpaired) electrons. The van der Waals surface area contributed by atoms with E-state index in [0.29, 0.717) is 6.54 Å². The van der Waals surface area contributed by atoms with Crippen molar-refractivity contribution in [2.24, 2.45) is 0 Å². The van der Waals surface area contributed by atoms with E-state index in [-0.39, 0.29) is 12.1 Å². The fourth-order valence-electron chi connectivity index (χ4n) is 2.77. The summed E-state index contributed by atoms with van der Waals surface area (Å²) >= 11 is 1.72. The second kappa shape index (κ2) is 6.05. The third-order valence-corrected chi connectivity index (χ3v) is 5.11. The van der Waals surface area contributed by atoms with E-state index in [1.165, 1.54) is 15.3 Å². The molecule has 6 heteroatoms. The monoisotopic (exact) mass is 310 g/mol. The van der Waals surface area contributed by atoms with Crippen LogP contribution < -0.4 is 5.32 Å². The van der Waals surface area contributed by atoms with E-state index in [9.17, 15) is 14.7 Å². The lowest BCUT2D eigenvalue weighted by Crippen LogP contribution is -2.56. The van der Waals surface area contributed by atoms with Gasteiger partial charge in [0, 0.05) is 11.4 Å². The summed E-state index contributed by atoms with van der Waals surface area (Å²) in [6, 6.07) is 1.74. The predicted octanol–water partition coefficient (Wildman–Crippen LogP) is 3.02. The summed E-state index contributed by atoms with van der Waals surface area (Å²) in [5.74, 6) is -1.00. The summed E-state index contributed by atoms with van der Waals surface area (Å²) in [6.45, 7) is 5.25. The van der Waals surface area contributed by atoms with Gasteiger partial charge >= 0.3 is 12.0 Å². The standard InChI is InChI=1S/C15H22N2O3S/c1-4-17(15(2,3)13(18)19)14(20)16-11-6-5-7-12-10(11)8-9-21-12/h8-9,11H,4-7H2,1-3H3,(H,16,20)(H,18,19). The van der Waals surface area contributed by atoms with Crippen LogP contribution in [0.15, 0.2) is 11.4 Å². The fourth-order valence-corrected chi connectivity index (χ4v) is 3.76. The highest BCUT2D eigenvalue weighted by Crippen LogP contribution is 2.33. The summed E-state index contributed by atoms with van der Waals surface area (Å²) in [4.78, 5) is 26.5. The Morgan fingerprint density at radius 1 is 1.52 bits per heavy atom. The molecule has 1 aromatic rings. The number of amides is 2. The van der Waals surface area contributed by atoms with Gasteiger partial charge < -0.3 is 15.3 Å². The number of urea groups is 1. The van der Waals surface area contributed by atoms with Crippen molar-refractivity contribution in [2.45, 2.75) is 51.6 Å². The van der Waals surface area contributed by atoms with Gasteiger partial charge in [0.15, 0.2) is 0 Å². The molecule has 2 N–H and O–H groups in total. The highest BCUT2D eigenvalue weighted by molar-refractivity contribution is 7.10. The molecule has 1 heterocycles. The maximum Gasteiger partial charge on any atom is 0.329 e. The molecule has 0 saturated carbocycles. The fraction of sp³-hybridized carbons (Fsp3) is 0.600. The zero-order chi connectivity index (χ0) is 15.6. The van der Waals surface area contributed by atoms with Gasteiger partial charge in [-0.2, -0.15) is 0 Å². The van der Waals surface area contributed by atoms with E-state index in [2.05, 4.69) is 11.4 Å². The number of nitrogens with zero attached hydrogens (tertiary/aromatic N) is 1. The Morgan fingerprint density at radius 2 is 2.24 bits per heavy atom. The Hall–Kier alpha value is -1.56. The number of carbonyl (C=O) groups excluding carboxylic acids is 1. The smallest absolute Gasteiger partial charge is 0.329 e. The van der Waals surface area contributed by atoms with Gasteiger partial charge in [0.1, 0.15) is 5.54 Å². The maximum absolute atomic E-state index is 12.5. The van der Waals surface area contributed by atoms with E-state index >= 15 is 0 Å². The molecule has 1 aliphatic carbocycles. The van der Waals surface area contributed by atoms with Crippen LogP contribution in [0.5, 0.6) is 0 Å². The Labute approximate surface area is 129 Å². The topological polar surface area (TPSA) is 69.6 Å². The number of rotatable bonds is 4. The SMILES string of the molecule is CCN(C(=O)NC1CCCc2sccc21)C(C)(C)C(=O)O. The predicted molar refractivity (Wildman–Crippen MR) is 82.6 cm³/mol. The summed E-state index contributed by atoms with van der Waals surface area (Å²) in [6.07, 6.45) is 3.02. The van der Waals surface area contributed by atoms with Gasteiger partial charge in [0.2, 0.25) is 0 Å². The van der Waals surface area contributed by atoms with Crippen molar-refractivity contribution in [1.29, 1.82) is 0 Å². The third kappa shape index (κ3) is 3.05. The Bertz CT molecular complexity index is 539. The van der Waals surface area contributed by atoms with E-state index in [0.717, 1.165) is 19.3 Å². The molecule has 2 rings (SSSR count).